The molecule has 0 saturated carbocycles. The molecule has 0 aromatic heterocycles. The molecule has 0 aromatic carbocycles. The Labute approximate surface area is 165 Å². The SMILES string of the molecule is C=C1C(=O)O[C@H]2/C=C(\C)CC/C=C(\C)C[C@@H](OC(=O)/C(=C/C)COC(C)=O)[C@@H]12. The quantitative estimate of drug-likeness (QED) is 0.317. The first-order chi connectivity index (χ1) is 13.2. The third-order valence-corrected chi connectivity index (χ3v) is 4.97. The van der Waals surface area contributed by atoms with Gasteiger partial charge in [0.15, 0.2) is 0 Å². The largest absolute Gasteiger partial charge is 0.461 e. The van der Waals surface area contributed by atoms with E-state index in [0.717, 1.165) is 24.0 Å². The molecule has 1 heterocycles. The van der Waals surface area contributed by atoms with Gasteiger partial charge in [-0.15, -0.1) is 0 Å². The van der Waals surface area contributed by atoms with Gasteiger partial charge in [0.2, 0.25) is 0 Å². The highest BCUT2D eigenvalue weighted by molar-refractivity contribution is 5.92. The summed E-state index contributed by atoms with van der Waals surface area (Å²) < 4.78 is 16.2. The molecule has 0 aromatic rings. The summed E-state index contributed by atoms with van der Waals surface area (Å²) in [5, 5.41) is 0. The molecule has 6 heteroatoms. The third-order valence-electron chi connectivity index (χ3n) is 4.97. The average Bonchev–Trinajstić information content (AvgIpc) is 2.88. The number of allylic oxidation sites excluding steroid dienone is 3. The van der Waals surface area contributed by atoms with Crippen LogP contribution in [0.5, 0.6) is 0 Å². The highest BCUT2D eigenvalue weighted by Gasteiger charge is 2.44. The Bertz CT molecular complexity index is 755. The van der Waals surface area contributed by atoms with E-state index in [9.17, 15) is 14.4 Å². The maximum absolute atomic E-state index is 12.7. The summed E-state index contributed by atoms with van der Waals surface area (Å²) in [7, 11) is 0. The van der Waals surface area contributed by atoms with E-state index in [1.165, 1.54) is 6.92 Å². The monoisotopic (exact) mass is 388 g/mol. The van der Waals surface area contributed by atoms with Gasteiger partial charge in [-0.1, -0.05) is 29.9 Å². The van der Waals surface area contributed by atoms with Gasteiger partial charge in [0, 0.05) is 18.9 Å². The van der Waals surface area contributed by atoms with E-state index in [2.05, 4.69) is 12.7 Å². The molecule has 0 spiro atoms. The predicted molar refractivity (Wildman–Crippen MR) is 104 cm³/mol. The lowest BCUT2D eigenvalue weighted by Crippen LogP contribution is -2.34. The minimum absolute atomic E-state index is 0.157. The molecule has 1 aliphatic heterocycles. The number of hydrogen-bond donors (Lipinski definition) is 0. The van der Waals surface area contributed by atoms with Crippen LogP contribution in [0.15, 0.2) is 47.1 Å². The summed E-state index contributed by atoms with van der Waals surface area (Å²) >= 11 is 0. The first kappa shape index (κ1) is 21.7. The lowest BCUT2D eigenvalue weighted by atomic mass is 9.85. The van der Waals surface area contributed by atoms with E-state index >= 15 is 0 Å². The number of fused-ring (bicyclic) bond motifs is 1. The zero-order valence-electron chi connectivity index (χ0n) is 16.9. The van der Waals surface area contributed by atoms with E-state index in [-0.39, 0.29) is 12.2 Å². The van der Waals surface area contributed by atoms with Gasteiger partial charge in [-0.2, -0.15) is 0 Å². The van der Waals surface area contributed by atoms with Crippen LogP contribution in [0.3, 0.4) is 0 Å². The molecule has 0 radical (unpaired) electrons. The van der Waals surface area contributed by atoms with E-state index in [1.54, 1.807) is 13.0 Å². The molecule has 0 amide bonds. The number of carbonyl (C=O) groups is 3. The summed E-state index contributed by atoms with van der Waals surface area (Å²) in [5.41, 5.74) is 2.73. The minimum atomic E-state index is -0.609. The van der Waals surface area contributed by atoms with Crippen LogP contribution in [0, 0.1) is 5.92 Å². The van der Waals surface area contributed by atoms with Crippen molar-refractivity contribution in [2.75, 3.05) is 6.61 Å². The Morgan fingerprint density at radius 2 is 2.04 bits per heavy atom. The van der Waals surface area contributed by atoms with Gasteiger partial charge in [-0.3, -0.25) is 4.79 Å². The highest BCUT2D eigenvalue weighted by atomic mass is 16.6. The number of hydrogen-bond acceptors (Lipinski definition) is 6. The van der Waals surface area contributed by atoms with Crippen LogP contribution < -0.4 is 0 Å². The van der Waals surface area contributed by atoms with Crippen LogP contribution in [0.2, 0.25) is 0 Å². The predicted octanol–water partition coefficient (Wildman–Crippen LogP) is 3.58. The third kappa shape index (κ3) is 5.44. The molecule has 6 nitrogen and oxygen atoms in total. The number of ether oxygens (including phenoxy) is 3. The first-order valence-corrected chi connectivity index (χ1v) is 9.45. The Balaban J connectivity index is 2.30. The standard InChI is InChI=1S/C22H28O6/c1-6-17(12-26-16(5)23)22(25)28-19-11-14(3)9-7-8-13(2)10-18-20(19)15(4)21(24)27-18/h6,9-10,18-20H,4,7-8,11-12H2,1-3,5H3/b13-10+,14-9+,17-6+/t18-,19+,20-/m0/s1. The number of esters is 3. The maximum atomic E-state index is 12.7. The van der Waals surface area contributed by atoms with Gasteiger partial charge < -0.3 is 14.2 Å². The summed E-state index contributed by atoms with van der Waals surface area (Å²) in [5.74, 6) is -1.98. The smallest absolute Gasteiger partial charge is 0.337 e. The van der Waals surface area contributed by atoms with Crippen molar-refractivity contribution < 1.29 is 28.6 Å². The van der Waals surface area contributed by atoms with Gasteiger partial charge in [-0.25, -0.2) is 9.59 Å². The number of rotatable bonds is 4. The molecular formula is C22H28O6. The Hall–Kier alpha value is -2.63. The fraction of sp³-hybridized carbons (Fsp3) is 0.500. The Morgan fingerprint density at radius 1 is 1.32 bits per heavy atom. The Morgan fingerprint density at radius 3 is 2.68 bits per heavy atom. The molecule has 28 heavy (non-hydrogen) atoms. The Kier molecular flexibility index (Phi) is 7.38. The fourth-order valence-corrected chi connectivity index (χ4v) is 3.39. The summed E-state index contributed by atoms with van der Waals surface area (Å²) in [4.78, 5) is 35.9. The van der Waals surface area contributed by atoms with Gasteiger partial charge >= 0.3 is 17.9 Å². The minimum Gasteiger partial charge on any atom is -0.461 e. The van der Waals surface area contributed by atoms with Crippen LogP contribution in [-0.4, -0.2) is 36.7 Å². The maximum Gasteiger partial charge on any atom is 0.337 e. The van der Waals surface area contributed by atoms with Gasteiger partial charge in [0.25, 0.3) is 0 Å². The van der Waals surface area contributed by atoms with Crippen LogP contribution >= 0.6 is 0 Å². The molecular weight excluding hydrogens is 360 g/mol. The molecule has 1 aliphatic carbocycles. The molecule has 2 rings (SSSR count). The molecule has 1 saturated heterocycles. The van der Waals surface area contributed by atoms with Crippen molar-refractivity contribution in [1.82, 2.24) is 0 Å². The van der Waals surface area contributed by atoms with Crippen LogP contribution in [0.1, 0.15) is 47.0 Å². The number of carbonyl (C=O) groups excluding carboxylic acids is 3. The molecule has 1 fully saturated rings. The first-order valence-electron chi connectivity index (χ1n) is 9.45. The second kappa shape index (κ2) is 9.53. The van der Waals surface area contributed by atoms with E-state index in [0.29, 0.717) is 12.0 Å². The van der Waals surface area contributed by atoms with E-state index < -0.39 is 36.0 Å². The lowest BCUT2D eigenvalue weighted by Gasteiger charge is -2.27. The zero-order valence-corrected chi connectivity index (χ0v) is 16.9. The second-order valence-electron chi connectivity index (χ2n) is 7.27. The van der Waals surface area contributed by atoms with Gasteiger partial charge in [0.1, 0.15) is 18.8 Å². The van der Waals surface area contributed by atoms with Crippen LogP contribution in [0.4, 0.5) is 0 Å². The molecule has 0 N–H and O–H groups in total. The van der Waals surface area contributed by atoms with Crippen molar-refractivity contribution in [2.45, 2.75) is 59.2 Å². The lowest BCUT2D eigenvalue weighted by molar-refractivity contribution is -0.148. The summed E-state index contributed by atoms with van der Waals surface area (Å²) in [6.07, 6.45) is 6.70. The summed E-state index contributed by atoms with van der Waals surface area (Å²) in [6.45, 7) is 10.6. The van der Waals surface area contributed by atoms with Crippen molar-refractivity contribution in [3.8, 4) is 0 Å². The topological polar surface area (TPSA) is 78.9 Å². The van der Waals surface area contributed by atoms with E-state index in [4.69, 9.17) is 14.2 Å². The molecule has 2 aliphatic rings. The van der Waals surface area contributed by atoms with Gasteiger partial charge in [0.05, 0.1) is 11.5 Å². The normalized spacial score (nSPS) is 29.6. The average molecular weight is 388 g/mol. The van der Waals surface area contributed by atoms with Crippen LogP contribution in [0.25, 0.3) is 0 Å². The van der Waals surface area contributed by atoms with Crippen molar-refractivity contribution in [2.24, 2.45) is 5.92 Å². The van der Waals surface area contributed by atoms with Crippen molar-refractivity contribution in [1.29, 1.82) is 0 Å². The van der Waals surface area contributed by atoms with E-state index in [1.807, 2.05) is 19.9 Å². The second-order valence-corrected chi connectivity index (χ2v) is 7.27. The molecule has 3 atom stereocenters. The van der Waals surface area contributed by atoms with Crippen molar-refractivity contribution in [3.63, 3.8) is 0 Å². The van der Waals surface area contributed by atoms with Crippen molar-refractivity contribution in [3.05, 3.63) is 47.1 Å². The summed E-state index contributed by atoms with van der Waals surface area (Å²) in [6, 6.07) is 0. The molecule has 152 valence electrons. The van der Waals surface area contributed by atoms with Crippen LogP contribution in [-0.2, 0) is 28.6 Å². The fourth-order valence-electron chi connectivity index (χ4n) is 3.39. The zero-order chi connectivity index (χ0) is 20.8. The van der Waals surface area contributed by atoms with Gasteiger partial charge in [-0.05, 0) is 39.7 Å². The molecule has 0 bridgehead atoms. The molecule has 0 unspecified atom stereocenters. The highest BCUT2D eigenvalue weighted by Crippen LogP contribution is 2.36. The van der Waals surface area contributed by atoms with Crippen molar-refractivity contribution >= 4 is 17.9 Å².